The van der Waals surface area contributed by atoms with Gasteiger partial charge in [-0.05, 0) is 13.8 Å². The first-order valence-electron chi connectivity index (χ1n) is 3.13. The third-order valence-electron chi connectivity index (χ3n) is 0.979. The number of rotatable bonds is 4. The first-order chi connectivity index (χ1) is 4.48. The number of hydrogen-bond donors (Lipinski definition) is 2. The Hall–Kier alpha value is -0.130. The third kappa shape index (κ3) is 4.72. The highest BCUT2D eigenvalue weighted by Crippen LogP contribution is 1.83. The Bertz CT molecular complexity index is 173. The number of aliphatic hydroxyl groups excluding tert-OH is 1. The van der Waals surface area contributed by atoms with Gasteiger partial charge in [-0.2, -0.15) is 0 Å². The van der Waals surface area contributed by atoms with Crippen molar-refractivity contribution in [2.45, 2.75) is 20.0 Å². The molecular formula is C5H13NO3S. The molecule has 0 aromatic heterocycles. The Morgan fingerprint density at radius 3 is 2.40 bits per heavy atom. The van der Waals surface area contributed by atoms with Crippen LogP contribution in [0.25, 0.3) is 0 Å². The summed E-state index contributed by atoms with van der Waals surface area (Å²) in [6, 6.07) is 0. The van der Waals surface area contributed by atoms with Gasteiger partial charge >= 0.3 is 0 Å². The number of hydrogen-bond acceptors (Lipinski definition) is 3. The van der Waals surface area contributed by atoms with Gasteiger partial charge in [-0.3, -0.25) is 0 Å². The second kappa shape index (κ2) is 3.90. The van der Waals surface area contributed by atoms with Gasteiger partial charge in [-0.25, -0.2) is 13.1 Å². The van der Waals surface area contributed by atoms with Gasteiger partial charge in [0, 0.05) is 6.54 Å². The van der Waals surface area contributed by atoms with Crippen LogP contribution in [-0.4, -0.2) is 31.9 Å². The first kappa shape index (κ1) is 9.87. The van der Waals surface area contributed by atoms with E-state index in [1.54, 1.807) is 6.92 Å². The molecule has 0 spiro atoms. The molecule has 0 unspecified atom stereocenters. The Kier molecular flexibility index (Phi) is 3.85. The summed E-state index contributed by atoms with van der Waals surface area (Å²) in [5.41, 5.74) is 0. The summed E-state index contributed by atoms with van der Waals surface area (Å²) in [4.78, 5) is 0. The Balaban J connectivity index is 3.70. The lowest BCUT2D eigenvalue weighted by Crippen LogP contribution is -2.31. The average Bonchev–Trinajstić information content (AvgIpc) is 1.85. The summed E-state index contributed by atoms with van der Waals surface area (Å²) in [6.07, 6.45) is -0.624. The molecule has 0 fully saturated rings. The number of sulfonamides is 1. The molecule has 4 nitrogen and oxygen atoms in total. The molecule has 0 amide bonds. The minimum absolute atomic E-state index is 0.0553. The Morgan fingerprint density at radius 2 is 2.10 bits per heavy atom. The van der Waals surface area contributed by atoms with Crippen molar-refractivity contribution in [3.63, 3.8) is 0 Å². The van der Waals surface area contributed by atoms with Crippen molar-refractivity contribution < 1.29 is 13.5 Å². The van der Waals surface area contributed by atoms with E-state index in [0.29, 0.717) is 0 Å². The number of aliphatic hydroxyl groups is 1. The zero-order chi connectivity index (χ0) is 8.20. The van der Waals surface area contributed by atoms with E-state index in [1.165, 1.54) is 6.92 Å². The second-order valence-corrected chi connectivity index (χ2v) is 4.20. The van der Waals surface area contributed by atoms with E-state index in [4.69, 9.17) is 5.11 Å². The summed E-state index contributed by atoms with van der Waals surface area (Å²) >= 11 is 0. The van der Waals surface area contributed by atoms with E-state index in [0.717, 1.165) is 0 Å². The van der Waals surface area contributed by atoms with Gasteiger partial charge in [0.2, 0.25) is 10.0 Å². The molecule has 0 bridgehead atoms. The van der Waals surface area contributed by atoms with Crippen LogP contribution in [0.15, 0.2) is 0 Å². The topological polar surface area (TPSA) is 66.4 Å². The first-order valence-corrected chi connectivity index (χ1v) is 4.78. The molecule has 5 heteroatoms. The maximum Gasteiger partial charge on any atom is 0.211 e. The summed E-state index contributed by atoms with van der Waals surface area (Å²) in [6.45, 7) is 3.17. The van der Waals surface area contributed by atoms with Crippen molar-refractivity contribution in [3.05, 3.63) is 0 Å². The standard InChI is InChI=1S/C5H13NO3S/c1-3-10(8,9)6-4-5(2)7/h5-7H,3-4H2,1-2H3/t5-/m1/s1. The molecule has 0 saturated carbocycles. The smallest absolute Gasteiger partial charge is 0.211 e. The monoisotopic (exact) mass is 167 g/mol. The van der Waals surface area contributed by atoms with Gasteiger partial charge < -0.3 is 5.11 Å². The summed E-state index contributed by atoms with van der Waals surface area (Å²) in [5, 5.41) is 8.68. The highest BCUT2D eigenvalue weighted by molar-refractivity contribution is 7.89. The average molecular weight is 167 g/mol. The van der Waals surface area contributed by atoms with Crippen LogP contribution in [0.3, 0.4) is 0 Å². The molecular weight excluding hydrogens is 154 g/mol. The summed E-state index contributed by atoms with van der Waals surface area (Å²) < 4.78 is 23.6. The number of nitrogens with one attached hydrogen (secondary N) is 1. The van der Waals surface area contributed by atoms with Gasteiger partial charge in [0.15, 0.2) is 0 Å². The van der Waals surface area contributed by atoms with Crippen LogP contribution in [-0.2, 0) is 10.0 Å². The van der Waals surface area contributed by atoms with E-state index < -0.39 is 16.1 Å². The summed E-state index contributed by atoms with van der Waals surface area (Å²) in [7, 11) is -3.12. The van der Waals surface area contributed by atoms with Crippen molar-refractivity contribution in [3.8, 4) is 0 Å². The maximum atomic E-state index is 10.7. The van der Waals surface area contributed by atoms with Gasteiger partial charge in [-0.1, -0.05) is 0 Å². The van der Waals surface area contributed by atoms with Gasteiger partial charge in [0.05, 0.1) is 11.9 Å². The lowest BCUT2D eigenvalue weighted by Gasteiger charge is -2.05. The molecule has 0 aliphatic rings. The van der Waals surface area contributed by atoms with Crippen molar-refractivity contribution >= 4 is 10.0 Å². The van der Waals surface area contributed by atoms with E-state index >= 15 is 0 Å². The molecule has 0 aliphatic carbocycles. The second-order valence-electron chi connectivity index (χ2n) is 2.10. The molecule has 62 valence electrons. The highest BCUT2D eigenvalue weighted by Gasteiger charge is 2.06. The van der Waals surface area contributed by atoms with E-state index in [1.807, 2.05) is 0 Å². The third-order valence-corrected chi connectivity index (χ3v) is 2.35. The van der Waals surface area contributed by atoms with Crippen molar-refractivity contribution in [2.24, 2.45) is 0 Å². The molecule has 0 radical (unpaired) electrons. The fraction of sp³-hybridized carbons (Fsp3) is 1.00. The fourth-order valence-electron chi connectivity index (χ4n) is 0.350. The van der Waals surface area contributed by atoms with Crippen LogP contribution in [0.2, 0.25) is 0 Å². The van der Waals surface area contributed by atoms with Crippen molar-refractivity contribution in [1.82, 2.24) is 4.72 Å². The molecule has 2 N–H and O–H groups in total. The molecule has 0 aromatic rings. The minimum atomic E-state index is -3.12. The van der Waals surface area contributed by atoms with Crippen LogP contribution < -0.4 is 4.72 Å². The van der Waals surface area contributed by atoms with Crippen molar-refractivity contribution in [2.75, 3.05) is 12.3 Å². The molecule has 0 aliphatic heterocycles. The Labute approximate surface area is 61.3 Å². The van der Waals surface area contributed by atoms with Crippen LogP contribution in [0.4, 0.5) is 0 Å². The lowest BCUT2D eigenvalue weighted by molar-refractivity contribution is 0.198. The van der Waals surface area contributed by atoms with E-state index in [2.05, 4.69) is 4.72 Å². The lowest BCUT2D eigenvalue weighted by atomic mass is 10.4. The normalized spacial score (nSPS) is 15.1. The maximum absolute atomic E-state index is 10.7. The van der Waals surface area contributed by atoms with Gasteiger partial charge in [0.25, 0.3) is 0 Å². The van der Waals surface area contributed by atoms with Crippen LogP contribution in [0, 0.1) is 0 Å². The predicted octanol–water partition coefficient (Wildman–Crippen LogP) is -0.694. The molecule has 0 rings (SSSR count). The zero-order valence-corrected chi connectivity index (χ0v) is 6.98. The van der Waals surface area contributed by atoms with Crippen LogP contribution in [0.1, 0.15) is 13.8 Å². The zero-order valence-electron chi connectivity index (χ0n) is 6.16. The van der Waals surface area contributed by atoms with E-state index in [-0.39, 0.29) is 12.3 Å². The predicted molar refractivity (Wildman–Crippen MR) is 39.1 cm³/mol. The molecule has 0 saturated heterocycles. The van der Waals surface area contributed by atoms with Crippen molar-refractivity contribution in [1.29, 1.82) is 0 Å². The fourth-order valence-corrected chi connectivity index (χ4v) is 1.05. The molecule has 0 heterocycles. The van der Waals surface area contributed by atoms with Crippen LogP contribution >= 0.6 is 0 Å². The Morgan fingerprint density at radius 1 is 1.60 bits per heavy atom. The van der Waals surface area contributed by atoms with Gasteiger partial charge in [0.1, 0.15) is 0 Å². The SMILES string of the molecule is CCS(=O)(=O)NC[C@@H](C)O. The molecule has 10 heavy (non-hydrogen) atoms. The quantitative estimate of drug-likeness (QED) is 0.582. The van der Waals surface area contributed by atoms with Crippen LogP contribution in [0.5, 0.6) is 0 Å². The molecule has 1 atom stereocenters. The molecule has 0 aromatic carbocycles. The largest absolute Gasteiger partial charge is 0.392 e. The minimum Gasteiger partial charge on any atom is -0.392 e. The van der Waals surface area contributed by atoms with Gasteiger partial charge in [-0.15, -0.1) is 0 Å². The highest BCUT2D eigenvalue weighted by atomic mass is 32.2. The van der Waals surface area contributed by atoms with E-state index in [9.17, 15) is 8.42 Å². The summed E-state index contributed by atoms with van der Waals surface area (Å²) in [5.74, 6) is 0.0553.